The Hall–Kier alpha value is -2.33. The van der Waals surface area contributed by atoms with E-state index < -0.39 is 44.8 Å². The Morgan fingerprint density at radius 3 is 2.81 bits per heavy atom. The molecule has 10 heteroatoms. The summed E-state index contributed by atoms with van der Waals surface area (Å²) in [5, 5.41) is 3.59. The zero-order valence-electron chi connectivity index (χ0n) is 14.9. The van der Waals surface area contributed by atoms with Crippen molar-refractivity contribution in [3.05, 3.63) is 30.8 Å². The summed E-state index contributed by atoms with van der Waals surface area (Å²) in [6, 6.07) is 3.47. The summed E-state index contributed by atoms with van der Waals surface area (Å²) in [7, 11) is -4.03. The Morgan fingerprint density at radius 2 is 2.19 bits per heavy atom. The first-order chi connectivity index (χ1) is 12.7. The summed E-state index contributed by atoms with van der Waals surface area (Å²) in [6.07, 6.45) is 3.54. The number of carbonyl (C=O) groups is 3. The Labute approximate surface area is 158 Å². The molecule has 9 nitrogen and oxygen atoms in total. The van der Waals surface area contributed by atoms with E-state index >= 15 is 0 Å². The van der Waals surface area contributed by atoms with E-state index in [1.807, 2.05) is 0 Å². The lowest BCUT2D eigenvalue weighted by Gasteiger charge is -2.20. The first-order valence-corrected chi connectivity index (χ1v) is 10.1. The van der Waals surface area contributed by atoms with Gasteiger partial charge in [-0.1, -0.05) is 13.0 Å². The number of carbonyl (C=O) groups excluding carboxylic acids is 3. The summed E-state index contributed by atoms with van der Waals surface area (Å²) in [5.41, 5.74) is 5.14. The number of Topliss-reactive ketones (excluding diaryl/α,β-unsaturated/α-hetero) is 1. The Balaban J connectivity index is 2.09. The van der Waals surface area contributed by atoms with E-state index in [4.69, 9.17) is 5.73 Å². The molecule has 0 bridgehead atoms. The first-order valence-electron chi connectivity index (χ1n) is 8.58. The van der Waals surface area contributed by atoms with Gasteiger partial charge in [0.2, 0.25) is 21.7 Å². The fourth-order valence-corrected chi connectivity index (χ4v) is 4.16. The van der Waals surface area contributed by atoms with Gasteiger partial charge in [0.25, 0.3) is 0 Å². The number of ketones is 1. The molecule has 2 heterocycles. The van der Waals surface area contributed by atoms with Crippen LogP contribution in [0.5, 0.6) is 0 Å². The van der Waals surface area contributed by atoms with Gasteiger partial charge in [-0.15, -0.1) is 0 Å². The third kappa shape index (κ3) is 5.33. The summed E-state index contributed by atoms with van der Waals surface area (Å²) in [5.74, 6) is -2.23. The normalized spacial score (nSPS) is 21.9. The standard InChI is InChI=1S/C17H23N4O5S/c1-11(16(18)24)7-8-13(22)21-12-5-4-10-20-17(15(12)23)27(25,26)14-6-2-3-9-19-14/h2-3,6,8-9,11-12,17,20H,4-5,7,10H2,1H3,(H2,18,24)(H,21,22)/t11?,12?,17-/m0/s1. The third-order valence-corrected chi connectivity index (χ3v) is 6.14. The van der Waals surface area contributed by atoms with Gasteiger partial charge in [0.15, 0.2) is 16.2 Å². The van der Waals surface area contributed by atoms with Crippen molar-refractivity contribution in [2.24, 2.45) is 11.7 Å². The van der Waals surface area contributed by atoms with Crippen molar-refractivity contribution < 1.29 is 22.8 Å². The quantitative estimate of drug-likeness (QED) is 0.554. The second-order valence-electron chi connectivity index (χ2n) is 6.40. The number of rotatable bonds is 7. The van der Waals surface area contributed by atoms with Gasteiger partial charge in [-0.25, -0.2) is 13.4 Å². The topological polar surface area (TPSA) is 148 Å². The van der Waals surface area contributed by atoms with Crippen LogP contribution in [-0.4, -0.2) is 49.0 Å². The van der Waals surface area contributed by atoms with Crippen molar-refractivity contribution in [1.29, 1.82) is 0 Å². The number of amides is 2. The molecule has 1 saturated heterocycles. The molecule has 1 aromatic heterocycles. The number of nitrogens with zero attached hydrogens (tertiary/aromatic N) is 1. The highest BCUT2D eigenvalue weighted by Gasteiger charge is 2.40. The van der Waals surface area contributed by atoms with Crippen molar-refractivity contribution in [2.75, 3.05) is 6.54 Å². The van der Waals surface area contributed by atoms with E-state index in [2.05, 4.69) is 15.6 Å². The van der Waals surface area contributed by atoms with Crippen LogP contribution < -0.4 is 16.4 Å². The summed E-state index contributed by atoms with van der Waals surface area (Å²) in [6.45, 7) is 1.90. The average molecular weight is 395 g/mol. The molecule has 147 valence electrons. The molecule has 1 aliphatic heterocycles. The number of pyridine rings is 1. The molecule has 4 N–H and O–H groups in total. The molecular weight excluding hydrogens is 372 g/mol. The molecule has 0 spiro atoms. The Bertz CT molecular complexity index is 797. The SMILES string of the molecule is CC(C[CH]C(=O)NC1CCCN[C@@H](S(=O)(=O)c2ccccn2)C1=O)C(N)=O. The highest BCUT2D eigenvalue weighted by molar-refractivity contribution is 7.92. The second kappa shape index (κ2) is 9.05. The van der Waals surface area contributed by atoms with Crippen LogP contribution in [0.4, 0.5) is 0 Å². The fraction of sp³-hybridized carbons (Fsp3) is 0.471. The number of aromatic nitrogens is 1. The molecule has 3 atom stereocenters. The predicted octanol–water partition coefficient (Wildman–Crippen LogP) is -0.666. The summed E-state index contributed by atoms with van der Waals surface area (Å²) < 4.78 is 25.5. The predicted molar refractivity (Wildman–Crippen MR) is 96.7 cm³/mol. The van der Waals surface area contributed by atoms with E-state index in [9.17, 15) is 22.8 Å². The highest BCUT2D eigenvalue weighted by atomic mass is 32.2. The molecule has 2 amide bonds. The minimum Gasteiger partial charge on any atom is -0.369 e. The minimum absolute atomic E-state index is 0.135. The maximum Gasteiger partial charge on any atom is 0.224 e. The van der Waals surface area contributed by atoms with Gasteiger partial charge in [-0.3, -0.25) is 19.7 Å². The van der Waals surface area contributed by atoms with Gasteiger partial charge in [-0.05, 0) is 37.9 Å². The van der Waals surface area contributed by atoms with E-state index in [0.29, 0.717) is 19.4 Å². The molecule has 0 aromatic carbocycles. The molecular formula is C17H23N4O5S. The van der Waals surface area contributed by atoms with Gasteiger partial charge in [0.05, 0.1) is 12.5 Å². The lowest BCUT2D eigenvalue weighted by Crippen LogP contribution is -2.51. The van der Waals surface area contributed by atoms with Crippen LogP contribution in [-0.2, 0) is 24.2 Å². The maximum atomic E-state index is 12.8. The van der Waals surface area contributed by atoms with Gasteiger partial charge in [0, 0.05) is 12.1 Å². The number of sulfone groups is 1. The van der Waals surface area contributed by atoms with Crippen LogP contribution in [0.1, 0.15) is 26.2 Å². The third-order valence-electron chi connectivity index (χ3n) is 4.30. The molecule has 0 saturated carbocycles. The molecule has 1 radical (unpaired) electrons. The molecule has 1 fully saturated rings. The molecule has 1 aromatic rings. The molecule has 27 heavy (non-hydrogen) atoms. The fourth-order valence-electron chi connectivity index (χ4n) is 2.64. The largest absolute Gasteiger partial charge is 0.369 e. The minimum atomic E-state index is -4.03. The average Bonchev–Trinajstić information content (AvgIpc) is 2.82. The summed E-state index contributed by atoms with van der Waals surface area (Å²) in [4.78, 5) is 39.7. The summed E-state index contributed by atoms with van der Waals surface area (Å²) >= 11 is 0. The monoisotopic (exact) mass is 395 g/mol. The molecule has 0 aliphatic carbocycles. The van der Waals surface area contributed by atoms with E-state index in [0.717, 1.165) is 0 Å². The van der Waals surface area contributed by atoms with Crippen LogP contribution in [0.2, 0.25) is 0 Å². The van der Waals surface area contributed by atoms with Crippen LogP contribution in [0.25, 0.3) is 0 Å². The molecule has 2 unspecified atom stereocenters. The zero-order chi connectivity index (χ0) is 20.0. The smallest absolute Gasteiger partial charge is 0.224 e. The number of hydrogen-bond donors (Lipinski definition) is 3. The highest BCUT2D eigenvalue weighted by Crippen LogP contribution is 2.18. The van der Waals surface area contributed by atoms with Crippen LogP contribution in [0.3, 0.4) is 0 Å². The number of hydrogen-bond acceptors (Lipinski definition) is 7. The van der Waals surface area contributed by atoms with Gasteiger partial charge < -0.3 is 11.1 Å². The van der Waals surface area contributed by atoms with Gasteiger partial charge in [0.1, 0.15) is 0 Å². The number of primary amides is 1. The van der Waals surface area contributed by atoms with Crippen LogP contribution in [0.15, 0.2) is 29.4 Å². The molecule has 2 rings (SSSR count). The lowest BCUT2D eigenvalue weighted by molar-refractivity contribution is -0.126. The zero-order valence-corrected chi connectivity index (χ0v) is 15.7. The van der Waals surface area contributed by atoms with Crippen molar-refractivity contribution in [3.63, 3.8) is 0 Å². The number of nitrogens with two attached hydrogens (primary N) is 1. The first kappa shape index (κ1) is 21.0. The Morgan fingerprint density at radius 1 is 1.44 bits per heavy atom. The van der Waals surface area contributed by atoms with Crippen molar-refractivity contribution in [1.82, 2.24) is 15.6 Å². The van der Waals surface area contributed by atoms with Gasteiger partial charge in [-0.2, -0.15) is 0 Å². The number of nitrogens with one attached hydrogen (secondary N) is 2. The van der Waals surface area contributed by atoms with E-state index in [-0.39, 0.29) is 11.4 Å². The lowest BCUT2D eigenvalue weighted by atomic mass is 10.0. The van der Waals surface area contributed by atoms with Crippen LogP contribution in [0, 0.1) is 12.3 Å². The van der Waals surface area contributed by atoms with Gasteiger partial charge >= 0.3 is 0 Å². The van der Waals surface area contributed by atoms with E-state index in [1.165, 1.54) is 24.8 Å². The van der Waals surface area contributed by atoms with Crippen LogP contribution >= 0.6 is 0 Å². The van der Waals surface area contributed by atoms with E-state index in [1.54, 1.807) is 13.0 Å². The molecule has 1 aliphatic rings. The van der Waals surface area contributed by atoms with Crippen molar-refractivity contribution in [2.45, 2.75) is 42.6 Å². The maximum absolute atomic E-state index is 12.8. The van der Waals surface area contributed by atoms with Crippen molar-refractivity contribution in [3.8, 4) is 0 Å². The van der Waals surface area contributed by atoms with Crippen molar-refractivity contribution >= 4 is 27.4 Å². The second-order valence-corrected chi connectivity index (χ2v) is 8.38. The Kier molecular flexibility index (Phi) is 7.03.